The number of piperazine rings is 1. The molecular weight excluding hydrogens is 410 g/mol. The van der Waals surface area contributed by atoms with E-state index in [1.165, 1.54) is 17.9 Å². The number of amides is 1. The topological polar surface area (TPSA) is 84.2 Å². The van der Waals surface area contributed by atoms with Crippen molar-refractivity contribution in [3.05, 3.63) is 64.2 Å². The lowest BCUT2D eigenvalue weighted by Crippen LogP contribution is -2.45. The minimum absolute atomic E-state index is 0.0497. The fraction of sp³-hybridized carbons (Fsp3) is 0.500. The Bertz CT molecular complexity index is 919. The molecule has 2 fully saturated rings. The van der Waals surface area contributed by atoms with Gasteiger partial charge >= 0.3 is 0 Å². The summed E-state index contributed by atoms with van der Waals surface area (Å²) >= 11 is 0. The second-order valence-corrected chi connectivity index (χ2v) is 8.34. The Labute approximate surface area is 188 Å². The minimum Gasteiger partial charge on any atom is -0.477 e. The lowest BCUT2D eigenvalue weighted by Gasteiger charge is -2.34. The van der Waals surface area contributed by atoms with Gasteiger partial charge < -0.3 is 19.2 Å². The molecule has 1 aromatic carbocycles. The summed E-state index contributed by atoms with van der Waals surface area (Å²) in [5.74, 6) is 0.368. The molecule has 1 aromatic heterocycles. The average molecular weight is 442 g/mol. The molecule has 0 aliphatic carbocycles. The van der Waals surface area contributed by atoms with Crippen molar-refractivity contribution < 1.29 is 18.7 Å². The van der Waals surface area contributed by atoms with E-state index >= 15 is 0 Å². The van der Waals surface area contributed by atoms with E-state index in [-0.39, 0.29) is 29.8 Å². The average Bonchev–Trinajstić information content (AvgIpc) is 3.33. The van der Waals surface area contributed by atoms with E-state index < -0.39 is 0 Å². The minimum atomic E-state index is -0.280. The first-order valence-corrected chi connectivity index (χ1v) is 11.3. The highest BCUT2D eigenvalue weighted by Crippen LogP contribution is 2.13. The first-order valence-electron chi connectivity index (χ1n) is 11.3. The molecule has 32 heavy (non-hydrogen) atoms. The highest BCUT2D eigenvalue weighted by atomic mass is 16.5. The van der Waals surface area contributed by atoms with Gasteiger partial charge in [0, 0.05) is 51.9 Å². The number of hydrogen-bond donors (Lipinski definition) is 1. The van der Waals surface area contributed by atoms with Crippen LogP contribution in [0.2, 0.25) is 0 Å². The summed E-state index contributed by atoms with van der Waals surface area (Å²) in [6.07, 6.45) is 3.35. The maximum atomic E-state index is 12.4. The molecule has 1 unspecified atom stereocenters. The summed E-state index contributed by atoms with van der Waals surface area (Å²) in [6.45, 7) is 6.30. The molecule has 0 radical (unpaired) electrons. The van der Waals surface area contributed by atoms with Crippen LogP contribution in [0.15, 0.2) is 51.9 Å². The Morgan fingerprint density at radius 1 is 1.09 bits per heavy atom. The molecule has 2 aromatic rings. The SMILES string of the molecule is O=C(COc1coc(CN2CCN(Cc3ccccc3)CC2)cc1=O)NCC1CCCO1. The van der Waals surface area contributed by atoms with Crippen molar-refractivity contribution in [2.45, 2.75) is 32.0 Å². The summed E-state index contributed by atoms with van der Waals surface area (Å²) < 4.78 is 16.4. The fourth-order valence-electron chi connectivity index (χ4n) is 4.02. The van der Waals surface area contributed by atoms with Crippen molar-refractivity contribution in [1.29, 1.82) is 0 Å². The normalized spacial score (nSPS) is 19.7. The Morgan fingerprint density at radius 2 is 1.84 bits per heavy atom. The number of ether oxygens (including phenoxy) is 2. The predicted octanol–water partition coefficient (Wildman–Crippen LogP) is 1.63. The molecule has 2 aliphatic rings. The van der Waals surface area contributed by atoms with Crippen LogP contribution in [0.1, 0.15) is 24.2 Å². The van der Waals surface area contributed by atoms with Crippen molar-refractivity contribution in [3.8, 4) is 5.75 Å². The van der Waals surface area contributed by atoms with Crippen molar-refractivity contribution in [2.75, 3.05) is 45.9 Å². The third-order valence-electron chi connectivity index (χ3n) is 5.86. The number of hydrogen-bond acceptors (Lipinski definition) is 7. The highest BCUT2D eigenvalue weighted by Gasteiger charge is 2.19. The van der Waals surface area contributed by atoms with Gasteiger partial charge in [-0.1, -0.05) is 30.3 Å². The maximum absolute atomic E-state index is 12.4. The molecule has 1 atom stereocenters. The Morgan fingerprint density at radius 3 is 2.53 bits per heavy atom. The molecule has 4 rings (SSSR count). The molecule has 1 amide bonds. The van der Waals surface area contributed by atoms with Crippen LogP contribution in [-0.2, 0) is 22.6 Å². The van der Waals surface area contributed by atoms with Crippen molar-refractivity contribution in [2.24, 2.45) is 0 Å². The van der Waals surface area contributed by atoms with Gasteiger partial charge in [0.2, 0.25) is 11.2 Å². The summed E-state index contributed by atoms with van der Waals surface area (Å²) in [5.41, 5.74) is 1.05. The van der Waals surface area contributed by atoms with Crippen LogP contribution in [0.5, 0.6) is 5.75 Å². The number of nitrogens with one attached hydrogen (secondary N) is 1. The van der Waals surface area contributed by atoms with E-state index in [1.54, 1.807) is 0 Å². The van der Waals surface area contributed by atoms with Crippen LogP contribution in [-0.4, -0.2) is 67.7 Å². The van der Waals surface area contributed by atoms with E-state index in [0.29, 0.717) is 18.8 Å². The number of carbonyl (C=O) groups excluding carboxylic acids is 1. The first-order chi connectivity index (χ1) is 15.7. The quantitative estimate of drug-likeness (QED) is 0.633. The van der Waals surface area contributed by atoms with Gasteiger partial charge in [0.15, 0.2) is 6.61 Å². The molecule has 2 aliphatic heterocycles. The largest absolute Gasteiger partial charge is 0.477 e. The molecule has 0 saturated carbocycles. The molecule has 8 heteroatoms. The van der Waals surface area contributed by atoms with Crippen LogP contribution in [0.25, 0.3) is 0 Å². The van der Waals surface area contributed by atoms with E-state index in [0.717, 1.165) is 52.2 Å². The third kappa shape index (κ3) is 6.66. The van der Waals surface area contributed by atoms with Gasteiger partial charge in [-0.3, -0.25) is 19.4 Å². The number of benzene rings is 1. The van der Waals surface area contributed by atoms with Gasteiger partial charge in [-0.25, -0.2) is 0 Å². The van der Waals surface area contributed by atoms with E-state index in [2.05, 4.69) is 39.4 Å². The van der Waals surface area contributed by atoms with Gasteiger partial charge in [-0.2, -0.15) is 0 Å². The fourth-order valence-corrected chi connectivity index (χ4v) is 4.02. The third-order valence-corrected chi connectivity index (χ3v) is 5.86. The van der Waals surface area contributed by atoms with Gasteiger partial charge in [0.05, 0.1) is 12.6 Å². The number of nitrogens with zero attached hydrogens (tertiary/aromatic N) is 2. The molecule has 0 bridgehead atoms. The molecule has 0 spiro atoms. The smallest absolute Gasteiger partial charge is 0.258 e. The second kappa shape index (κ2) is 11.3. The summed E-state index contributed by atoms with van der Waals surface area (Å²) in [6, 6.07) is 11.9. The molecular formula is C24H31N3O5. The van der Waals surface area contributed by atoms with Crippen LogP contribution in [0.4, 0.5) is 0 Å². The van der Waals surface area contributed by atoms with Gasteiger partial charge in [0.25, 0.3) is 5.91 Å². The summed E-state index contributed by atoms with van der Waals surface area (Å²) in [5, 5.41) is 2.77. The first kappa shape index (κ1) is 22.5. The lowest BCUT2D eigenvalue weighted by atomic mass is 10.2. The zero-order valence-corrected chi connectivity index (χ0v) is 18.3. The summed E-state index contributed by atoms with van der Waals surface area (Å²) in [4.78, 5) is 29.0. The van der Waals surface area contributed by atoms with Gasteiger partial charge in [-0.05, 0) is 18.4 Å². The maximum Gasteiger partial charge on any atom is 0.258 e. The molecule has 8 nitrogen and oxygen atoms in total. The van der Waals surface area contributed by atoms with Crippen molar-refractivity contribution in [3.63, 3.8) is 0 Å². The zero-order valence-electron chi connectivity index (χ0n) is 18.3. The zero-order chi connectivity index (χ0) is 22.2. The van der Waals surface area contributed by atoms with Crippen LogP contribution >= 0.6 is 0 Å². The molecule has 3 heterocycles. The van der Waals surface area contributed by atoms with Crippen LogP contribution < -0.4 is 15.5 Å². The Balaban J connectivity index is 1.19. The van der Waals surface area contributed by atoms with Gasteiger partial charge in [0.1, 0.15) is 12.0 Å². The van der Waals surface area contributed by atoms with Crippen molar-refractivity contribution >= 4 is 5.91 Å². The molecule has 1 N–H and O–H groups in total. The van der Waals surface area contributed by atoms with E-state index in [1.807, 2.05) is 6.07 Å². The number of carbonyl (C=O) groups is 1. The molecule has 2 saturated heterocycles. The van der Waals surface area contributed by atoms with E-state index in [4.69, 9.17) is 13.9 Å². The lowest BCUT2D eigenvalue weighted by molar-refractivity contribution is -0.123. The van der Waals surface area contributed by atoms with Crippen LogP contribution in [0.3, 0.4) is 0 Å². The van der Waals surface area contributed by atoms with E-state index in [9.17, 15) is 9.59 Å². The Kier molecular flexibility index (Phi) is 7.92. The second-order valence-electron chi connectivity index (χ2n) is 8.34. The van der Waals surface area contributed by atoms with Crippen molar-refractivity contribution in [1.82, 2.24) is 15.1 Å². The standard InChI is InChI=1S/C24H31N3O5/c28-22-13-21(16-27-10-8-26(9-11-27)15-19-5-2-1-3-6-19)31-17-23(22)32-18-24(29)25-14-20-7-4-12-30-20/h1-3,5-6,13,17,20H,4,7-12,14-16,18H2,(H,25,29). The summed E-state index contributed by atoms with van der Waals surface area (Å²) in [7, 11) is 0. The monoisotopic (exact) mass is 441 g/mol. The Hall–Kier alpha value is -2.68. The molecule has 172 valence electrons. The highest BCUT2D eigenvalue weighted by molar-refractivity contribution is 5.77. The van der Waals surface area contributed by atoms with Crippen LogP contribution in [0, 0.1) is 0 Å². The predicted molar refractivity (Wildman–Crippen MR) is 119 cm³/mol. The number of rotatable bonds is 9. The van der Waals surface area contributed by atoms with Gasteiger partial charge in [-0.15, -0.1) is 0 Å².